The van der Waals surface area contributed by atoms with E-state index in [1.54, 1.807) is 0 Å². The van der Waals surface area contributed by atoms with E-state index in [0.717, 1.165) is 0 Å². The van der Waals surface area contributed by atoms with Crippen LogP contribution in [0.25, 0.3) is 0 Å². The molecule has 0 N–H and O–H groups in total. The predicted molar refractivity (Wildman–Crippen MR) is 47.0 cm³/mol. The van der Waals surface area contributed by atoms with Crippen LogP contribution in [0.5, 0.6) is 0 Å². The first kappa shape index (κ1) is 14.8. The van der Waals surface area contributed by atoms with E-state index in [2.05, 4.69) is 4.74 Å². The first-order chi connectivity index (χ1) is 6.64. The Hall–Kier alpha value is -0.180. The number of hydrogen-bond donors (Lipinski definition) is 0. The van der Waals surface area contributed by atoms with Gasteiger partial charge < -0.3 is 4.74 Å². The van der Waals surface area contributed by atoms with Gasteiger partial charge in [-0.05, 0) is 30.4 Å². The highest BCUT2D eigenvalue weighted by Gasteiger charge is 2.37. The summed E-state index contributed by atoms with van der Waals surface area (Å²) in [5.74, 6) is 0. The van der Waals surface area contributed by atoms with Crippen LogP contribution in [0.15, 0.2) is 10.5 Å². The smallest absolute Gasteiger partial charge is 0.447 e. The third kappa shape index (κ3) is 10.1. The van der Waals surface area contributed by atoms with Crippen LogP contribution in [-0.2, 0) is 4.74 Å². The van der Waals surface area contributed by atoms with Gasteiger partial charge in [-0.1, -0.05) is 0 Å². The minimum absolute atomic E-state index is 0.000332. The molecule has 90 valence electrons. The summed E-state index contributed by atoms with van der Waals surface area (Å²) in [4.78, 5) is 0. The van der Waals surface area contributed by atoms with Gasteiger partial charge in [0, 0.05) is 0 Å². The van der Waals surface area contributed by atoms with Gasteiger partial charge in [-0.15, -0.1) is 0 Å². The molecule has 0 heterocycles. The largest absolute Gasteiger partial charge is 0.500 e. The van der Waals surface area contributed by atoms with Gasteiger partial charge in [-0.25, -0.2) is 0 Å². The van der Waals surface area contributed by atoms with Crippen molar-refractivity contribution in [2.75, 3.05) is 6.61 Å². The van der Waals surface area contributed by atoms with Gasteiger partial charge in [0.25, 0.3) is 0 Å². The molecule has 0 atom stereocenters. The number of halogens is 6. The molecule has 0 aliphatic heterocycles. The lowest BCUT2D eigenvalue weighted by Crippen LogP contribution is -2.04. The Kier molecular flexibility index (Phi) is 5.71. The van der Waals surface area contributed by atoms with Gasteiger partial charge in [0.2, 0.25) is 0 Å². The standard InChI is InChI=1S/C6H6F6OS2/c1-2-13-3-4(14-5(7,8)9)15-6(10,11)12/h3H,2H2,1H3. The van der Waals surface area contributed by atoms with Gasteiger partial charge in [0.15, 0.2) is 0 Å². The molecule has 1 nitrogen and oxygen atoms in total. The fourth-order valence-electron chi connectivity index (χ4n) is 0.448. The molecule has 0 saturated heterocycles. The third-order valence-electron chi connectivity index (χ3n) is 0.779. The number of rotatable bonds is 4. The summed E-state index contributed by atoms with van der Waals surface area (Å²) in [7, 11) is 0. The molecule has 15 heavy (non-hydrogen) atoms. The molecular weight excluding hydrogens is 266 g/mol. The number of thioether (sulfide) groups is 2. The molecule has 0 spiro atoms. The molecule has 0 aliphatic carbocycles. The molecular formula is C6H6F6OS2. The molecule has 0 unspecified atom stereocenters. The minimum atomic E-state index is -4.76. The van der Waals surface area contributed by atoms with Crippen LogP contribution in [0.1, 0.15) is 6.92 Å². The zero-order valence-corrected chi connectivity index (χ0v) is 8.91. The lowest BCUT2D eigenvalue weighted by molar-refractivity contribution is -0.0329. The molecule has 0 amide bonds. The van der Waals surface area contributed by atoms with Crippen LogP contribution in [0.2, 0.25) is 0 Å². The van der Waals surface area contributed by atoms with E-state index >= 15 is 0 Å². The average Bonchev–Trinajstić information content (AvgIpc) is 1.94. The normalized spacial score (nSPS) is 12.5. The summed E-state index contributed by atoms with van der Waals surface area (Å²) in [6, 6.07) is 0. The van der Waals surface area contributed by atoms with Crippen molar-refractivity contribution in [3.8, 4) is 0 Å². The van der Waals surface area contributed by atoms with Crippen molar-refractivity contribution in [2.24, 2.45) is 0 Å². The van der Waals surface area contributed by atoms with Crippen LogP contribution in [0.4, 0.5) is 26.3 Å². The van der Waals surface area contributed by atoms with Crippen molar-refractivity contribution in [1.29, 1.82) is 0 Å². The van der Waals surface area contributed by atoms with E-state index in [-0.39, 0.29) is 6.61 Å². The summed E-state index contributed by atoms with van der Waals surface area (Å²) in [5.41, 5.74) is -9.53. The Bertz CT molecular complexity index is 203. The summed E-state index contributed by atoms with van der Waals surface area (Å²) >= 11 is -1.70. The molecule has 0 saturated carbocycles. The highest BCUT2D eigenvalue weighted by Crippen LogP contribution is 2.47. The Balaban J connectivity index is 4.46. The third-order valence-corrected chi connectivity index (χ3v) is 2.34. The summed E-state index contributed by atoms with van der Waals surface area (Å²) in [6.07, 6.45) is 0.455. The van der Waals surface area contributed by atoms with Crippen LogP contribution >= 0.6 is 23.5 Å². The van der Waals surface area contributed by atoms with Gasteiger partial charge in [0.05, 0.1) is 10.8 Å². The maximum absolute atomic E-state index is 11.8. The first-order valence-corrected chi connectivity index (χ1v) is 5.10. The van der Waals surface area contributed by atoms with Crippen molar-refractivity contribution in [1.82, 2.24) is 0 Å². The van der Waals surface area contributed by atoms with Crippen LogP contribution < -0.4 is 0 Å². The van der Waals surface area contributed by atoms with Crippen LogP contribution in [0.3, 0.4) is 0 Å². The van der Waals surface area contributed by atoms with E-state index in [1.165, 1.54) is 6.92 Å². The number of hydrogen-bond acceptors (Lipinski definition) is 3. The second kappa shape index (κ2) is 5.78. The Morgan fingerprint density at radius 2 is 1.47 bits per heavy atom. The van der Waals surface area contributed by atoms with Crippen molar-refractivity contribution < 1.29 is 31.1 Å². The second-order valence-corrected chi connectivity index (χ2v) is 4.46. The first-order valence-electron chi connectivity index (χ1n) is 3.47. The molecule has 0 radical (unpaired) electrons. The molecule has 0 fully saturated rings. The highest BCUT2D eigenvalue weighted by atomic mass is 32.2. The molecule has 0 aromatic rings. The van der Waals surface area contributed by atoms with Gasteiger partial charge in [0.1, 0.15) is 6.26 Å². The van der Waals surface area contributed by atoms with E-state index in [4.69, 9.17) is 0 Å². The monoisotopic (exact) mass is 272 g/mol. The summed E-state index contributed by atoms with van der Waals surface area (Å²) in [6.45, 7) is 1.45. The summed E-state index contributed by atoms with van der Waals surface area (Å²) in [5, 5.41) is 0. The van der Waals surface area contributed by atoms with Crippen LogP contribution in [-0.4, -0.2) is 17.6 Å². The minimum Gasteiger partial charge on any atom is -0.500 e. The zero-order chi connectivity index (χ0) is 12.1. The molecule has 0 aromatic heterocycles. The average molecular weight is 272 g/mol. The lowest BCUT2D eigenvalue weighted by atomic mass is 10.9. The van der Waals surface area contributed by atoms with Crippen molar-refractivity contribution in [3.63, 3.8) is 0 Å². The highest BCUT2D eigenvalue weighted by molar-refractivity contribution is 8.22. The maximum Gasteiger partial charge on any atom is 0.447 e. The number of ether oxygens (including phenoxy) is 1. The molecule has 0 bridgehead atoms. The Morgan fingerprint density at radius 3 is 1.73 bits per heavy atom. The Labute approximate surface area is 90.2 Å². The summed E-state index contributed by atoms with van der Waals surface area (Å²) < 4.78 is 74.2. The van der Waals surface area contributed by atoms with Crippen molar-refractivity contribution in [3.05, 3.63) is 10.5 Å². The quantitative estimate of drug-likeness (QED) is 0.557. The molecule has 0 aromatic carbocycles. The molecule has 9 heteroatoms. The van der Waals surface area contributed by atoms with Crippen molar-refractivity contribution in [2.45, 2.75) is 17.9 Å². The molecule has 0 aliphatic rings. The fraction of sp³-hybridized carbons (Fsp3) is 0.667. The maximum atomic E-state index is 11.8. The second-order valence-electron chi connectivity index (χ2n) is 1.99. The predicted octanol–water partition coefficient (Wildman–Crippen LogP) is 4.33. The Morgan fingerprint density at radius 1 is 1.07 bits per heavy atom. The topological polar surface area (TPSA) is 9.23 Å². The van der Waals surface area contributed by atoms with E-state index in [9.17, 15) is 26.3 Å². The van der Waals surface area contributed by atoms with Crippen LogP contribution in [0, 0.1) is 0 Å². The van der Waals surface area contributed by atoms with E-state index < -0.39 is 38.8 Å². The van der Waals surface area contributed by atoms with Gasteiger partial charge in [-0.2, -0.15) is 26.3 Å². The zero-order valence-electron chi connectivity index (χ0n) is 7.28. The lowest BCUT2D eigenvalue weighted by Gasteiger charge is -2.11. The SMILES string of the molecule is CCOC=C(SC(F)(F)F)SC(F)(F)F. The van der Waals surface area contributed by atoms with Gasteiger partial charge in [-0.3, -0.25) is 0 Å². The van der Waals surface area contributed by atoms with E-state index in [0.29, 0.717) is 6.26 Å². The fourth-order valence-corrected chi connectivity index (χ4v) is 1.87. The number of alkyl halides is 6. The molecule has 0 rings (SSSR count). The van der Waals surface area contributed by atoms with Gasteiger partial charge >= 0.3 is 11.0 Å². The van der Waals surface area contributed by atoms with Crippen molar-refractivity contribution >= 4 is 23.5 Å². The van der Waals surface area contributed by atoms with E-state index in [1.807, 2.05) is 0 Å².